The van der Waals surface area contributed by atoms with E-state index in [9.17, 15) is 4.79 Å². The normalized spacial score (nSPS) is 10.3. The maximum atomic E-state index is 11.9. The average molecular weight is 294 g/mol. The summed E-state index contributed by atoms with van der Waals surface area (Å²) in [5.74, 6) is 0.619. The molecule has 0 saturated carbocycles. The van der Waals surface area contributed by atoms with E-state index in [1.165, 1.54) is 0 Å². The molecule has 0 aliphatic rings. The van der Waals surface area contributed by atoms with Gasteiger partial charge in [0.05, 0.1) is 17.8 Å². The summed E-state index contributed by atoms with van der Waals surface area (Å²) >= 11 is 5.77. The van der Waals surface area contributed by atoms with Crippen molar-refractivity contribution in [2.45, 2.75) is 13.5 Å². The van der Waals surface area contributed by atoms with Crippen LogP contribution in [0.15, 0.2) is 24.5 Å². The Kier molecular flexibility index (Phi) is 4.57. The first-order valence-corrected chi connectivity index (χ1v) is 6.52. The molecule has 0 radical (unpaired) electrons. The highest BCUT2D eigenvalue weighted by Gasteiger charge is 2.09. The summed E-state index contributed by atoms with van der Waals surface area (Å²) in [4.78, 5) is 17.8. The van der Waals surface area contributed by atoms with E-state index in [-0.39, 0.29) is 12.5 Å². The van der Waals surface area contributed by atoms with Crippen LogP contribution in [0.4, 0.5) is 5.82 Å². The number of likely N-dealkylation sites (N-methyl/N-ethyl adjacent to an activating group) is 1. The molecule has 0 bridgehead atoms. The highest BCUT2D eigenvalue weighted by atomic mass is 35.5. The van der Waals surface area contributed by atoms with Gasteiger partial charge < -0.3 is 10.2 Å². The van der Waals surface area contributed by atoms with Crippen LogP contribution < -0.4 is 10.2 Å². The standard InChI is InChI=1S/C13H16ClN5O/c1-9-10(6-17-18-9)5-16-13(20)8-19(2)12-4-3-11(14)7-15-12/h3-4,6-7H,5,8H2,1-2H3,(H,16,20)(H,17,18). The third-order valence-electron chi connectivity index (χ3n) is 2.89. The molecule has 0 unspecified atom stereocenters. The fraction of sp³-hybridized carbons (Fsp3) is 0.308. The summed E-state index contributed by atoms with van der Waals surface area (Å²) in [6.45, 7) is 2.60. The van der Waals surface area contributed by atoms with Crippen molar-refractivity contribution < 1.29 is 4.79 Å². The number of nitrogens with one attached hydrogen (secondary N) is 2. The van der Waals surface area contributed by atoms with E-state index in [1.54, 1.807) is 36.5 Å². The first-order valence-electron chi connectivity index (χ1n) is 6.14. The Labute approximate surface area is 122 Å². The lowest BCUT2D eigenvalue weighted by molar-refractivity contribution is -0.119. The van der Waals surface area contributed by atoms with Crippen LogP contribution in [0.25, 0.3) is 0 Å². The summed E-state index contributed by atoms with van der Waals surface area (Å²) in [6.07, 6.45) is 3.26. The molecule has 6 nitrogen and oxygen atoms in total. The van der Waals surface area contributed by atoms with E-state index in [0.717, 1.165) is 11.3 Å². The molecule has 1 amide bonds. The number of H-pyrrole nitrogens is 1. The molecule has 2 aromatic heterocycles. The van der Waals surface area contributed by atoms with Crippen molar-refractivity contribution in [3.05, 3.63) is 40.8 Å². The minimum atomic E-state index is -0.0788. The molecule has 0 spiro atoms. The number of halogens is 1. The van der Waals surface area contributed by atoms with Crippen molar-refractivity contribution >= 4 is 23.3 Å². The van der Waals surface area contributed by atoms with E-state index < -0.39 is 0 Å². The van der Waals surface area contributed by atoms with Crippen LogP contribution in [0.1, 0.15) is 11.3 Å². The Hall–Kier alpha value is -2.08. The van der Waals surface area contributed by atoms with Crippen LogP contribution >= 0.6 is 11.6 Å². The first-order chi connectivity index (χ1) is 9.56. The lowest BCUT2D eigenvalue weighted by atomic mass is 10.2. The molecule has 2 heterocycles. The molecule has 20 heavy (non-hydrogen) atoms. The second kappa shape index (κ2) is 6.38. The summed E-state index contributed by atoms with van der Waals surface area (Å²) in [5.41, 5.74) is 1.93. The average Bonchev–Trinajstić information content (AvgIpc) is 2.82. The highest BCUT2D eigenvalue weighted by molar-refractivity contribution is 6.30. The number of rotatable bonds is 5. The predicted octanol–water partition coefficient (Wildman–Crippen LogP) is 1.52. The van der Waals surface area contributed by atoms with Gasteiger partial charge in [0, 0.05) is 31.0 Å². The maximum Gasteiger partial charge on any atom is 0.239 e. The second-order valence-corrected chi connectivity index (χ2v) is 4.92. The van der Waals surface area contributed by atoms with Crippen molar-refractivity contribution in [3.8, 4) is 0 Å². The van der Waals surface area contributed by atoms with Crippen LogP contribution in [-0.2, 0) is 11.3 Å². The monoisotopic (exact) mass is 293 g/mol. The Morgan fingerprint density at radius 2 is 2.25 bits per heavy atom. The van der Waals surface area contributed by atoms with Crippen molar-refractivity contribution in [2.75, 3.05) is 18.5 Å². The zero-order valence-corrected chi connectivity index (χ0v) is 12.1. The number of aromatic amines is 1. The molecule has 0 fully saturated rings. The summed E-state index contributed by atoms with van der Waals surface area (Å²) < 4.78 is 0. The smallest absolute Gasteiger partial charge is 0.239 e. The topological polar surface area (TPSA) is 73.9 Å². The van der Waals surface area contributed by atoms with Crippen LogP contribution in [0.2, 0.25) is 5.02 Å². The molecule has 0 atom stereocenters. The number of nitrogens with zero attached hydrogens (tertiary/aromatic N) is 3. The molecule has 106 valence electrons. The zero-order valence-electron chi connectivity index (χ0n) is 11.4. The lowest BCUT2D eigenvalue weighted by Crippen LogP contribution is -2.35. The fourth-order valence-corrected chi connectivity index (χ4v) is 1.81. The molecule has 2 aromatic rings. The largest absolute Gasteiger partial charge is 0.350 e. The number of carbonyl (C=O) groups is 1. The number of hydrogen-bond acceptors (Lipinski definition) is 4. The van der Waals surface area contributed by atoms with Gasteiger partial charge in [0.1, 0.15) is 5.82 Å². The maximum absolute atomic E-state index is 11.9. The number of hydrogen-bond donors (Lipinski definition) is 2. The Balaban J connectivity index is 1.85. The quantitative estimate of drug-likeness (QED) is 0.876. The third kappa shape index (κ3) is 3.71. The van der Waals surface area contributed by atoms with Gasteiger partial charge in [-0.2, -0.15) is 5.10 Å². The third-order valence-corrected chi connectivity index (χ3v) is 3.12. The number of carbonyl (C=O) groups excluding carboxylic acids is 1. The summed E-state index contributed by atoms with van der Waals surface area (Å²) in [6, 6.07) is 3.52. The number of amides is 1. The molecule has 7 heteroatoms. The first kappa shape index (κ1) is 14.3. The summed E-state index contributed by atoms with van der Waals surface area (Å²) in [5, 5.41) is 10.2. The zero-order chi connectivity index (χ0) is 14.5. The Bertz CT molecular complexity index is 581. The van der Waals surface area contributed by atoms with Crippen LogP contribution in [0.3, 0.4) is 0 Å². The number of pyridine rings is 1. The second-order valence-electron chi connectivity index (χ2n) is 4.49. The van der Waals surface area contributed by atoms with Gasteiger partial charge in [-0.3, -0.25) is 9.89 Å². The van der Waals surface area contributed by atoms with Gasteiger partial charge in [-0.1, -0.05) is 11.6 Å². The van der Waals surface area contributed by atoms with E-state index >= 15 is 0 Å². The minimum absolute atomic E-state index is 0.0788. The molecule has 2 rings (SSSR count). The lowest BCUT2D eigenvalue weighted by Gasteiger charge is -2.17. The molecule has 0 aliphatic carbocycles. The van der Waals surface area contributed by atoms with Crippen LogP contribution in [-0.4, -0.2) is 34.7 Å². The van der Waals surface area contributed by atoms with Gasteiger partial charge in [0.2, 0.25) is 5.91 Å². The minimum Gasteiger partial charge on any atom is -0.350 e. The SMILES string of the molecule is Cc1[nH]ncc1CNC(=O)CN(C)c1ccc(Cl)cn1. The van der Waals surface area contributed by atoms with Gasteiger partial charge in [-0.25, -0.2) is 4.98 Å². The van der Waals surface area contributed by atoms with Crippen molar-refractivity contribution in [2.24, 2.45) is 0 Å². The molecule has 0 aromatic carbocycles. The highest BCUT2D eigenvalue weighted by Crippen LogP contribution is 2.12. The molecule has 0 aliphatic heterocycles. The van der Waals surface area contributed by atoms with E-state index in [1.807, 2.05) is 6.92 Å². The molecular weight excluding hydrogens is 278 g/mol. The van der Waals surface area contributed by atoms with E-state index in [0.29, 0.717) is 17.4 Å². The number of aromatic nitrogens is 3. The number of anilines is 1. The van der Waals surface area contributed by atoms with Gasteiger partial charge in [0.15, 0.2) is 0 Å². The van der Waals surface area contributed by atoms with Crippen LogP contribution in [0, 0.1) is 6.92 Å². The van der Waals surface area contributed by atoms with Gasteiger partial charge >= 0.3 is 0 Å². The predicted molar refractivity (Wildman–Crippen MR) is 77.7 cm³/mol. The van der Waals surface area contributed by atoms with Crippen molar-refractivity contribution in [3.63, 3.8) is 0 Å². The Morgan fingerprint density at radius 3 is 2.85 bits per heavy atom. The van der Waals surface area contributed by atoms with E-state index in [2.05, 4.69) is 20.5 Å². The fourth-order valence-electron chi connectivity index (χ4n) is 1.69. The van der Waals surface area contributed by atoms with Crippen LogP contribution in [0.5, 0.6) is 0 Å². The Morgan fingerprint density at radius 1 is 1.45 bits per heavy atom. The van der Waals surface area contributed by atoms with Gasteiger partial charge in [-0.15, -0.1) is 0 Å². The van der Waals surface area contributed by atoms with Crippen molar-refractivity contribution in [1.29, 1.82) is 0 Å². The van der Waals surface area contributed by atoms with Crippen molar-refractivity contribution in [1.82, 2.24) is 20.5 Å². The van der Waals surface area contributed by atoms with E-state index in [4.69, 9.17) is 11.6 Å². The van der Waals surface area contributed by atoms with Gasteiger partial charge in [-0.05, 0) is 19.1 Å². The van der Waals surface area contributed by atoms with Gasteiger partial charge in [0.25, 0.3) is 0 Å². The molecular formula is C13H16ClN5O. The number of aryl methyl sites for hydroxylation is 1. The molecule has 2 N–H and O–H groups in total. The molecule has 0 saturated heterocycles. The summed E-state index contributed by atoms with van der Waals surface area (Å²) in [7, 11) is 1.80.